The molecule has 0 spiro atoms. The molecule has 5 nitrogen and oxygen atoms in total. The van der Waals surface area contributed by atoms with Crippen molar-refractivity contribution in [1.29, 1.82) is 0 Å². The van der Waals surface area contributed by atoms with Crippen molar-refractivity contribution >= 4 is 11.7 Å². The quantitative estimate of drug-likeness (QED) is 0.918. The molecule has 5 heteroatoms. The van der Waals surface area contributed by atoms with Gasteiger partial charge >= 0.3 is 0 Å². The van der Waals surface area contributed by atoms with E-state index < -0.39 is 0 Å². The molecule has 1 aliphatic carbocycles. The summed E-state index contributed by atoms with van der Waals surface area (Å²) in [5.74, 6) is 0.855. The van der Waals surface area contributed by atoms with Crippen LogP contribution in [0.15, 0.2) is 36.8 Å². The summed E-state index contributed by atoms with van der Waals surface area (Å²) in [4.78, 5) is 16.1. The summed E-state index contributed by atoms with van der Waals surface area (Å²) in [5, 5.41) is 7.35. The number of nitrogens with zero attached hydrogens (tertiary/aromatic N) is 3. The topological polar surface area (TPSA) is 59.8 Å². The Hall–Kier alpha value is -2.17. The standard InChI is InChI=1S/C16H20N4O/c21-16(6-5-13-7-10-17-11-8-13)19-15-9-12-18-20(15)14-3-1-2-4-14/h7-12,14H,1-6H2,(H,19,21). The molecule has 1 amide bonds. The highest BCUT2D eigenvalue weighted by Gasteiger charge is 2.20. The van der Waals surface area contributed by atoms with Gasteiger partial charge in [0.25, 0.3) is 0 Å². The van der Waals surface area contributed by atoms with E-state index in [1.807, 2.05) is 22.9 Å². The summed E-state index contributed by atoms with van der Waals surface area (Å²) in [7, 11) is 0. The lowest BCUT2D eigenvalue weighted by atomic mass is 10.1. The molecule has 0 aromatic carbocycles. The van der Waals surface area contributed by atoms with Crippen LogP contribution in [0.2, 0.25) is 0 Å². The second-order valence-electron chi connectivity index (χ2n) is 5.50. The largest absolute Gasteiger partial charge is 0.311 e. The summed E-state index contributed by atoms with van der Waals surface area (Å²) >= 11 is 0. The molecule has 2 aromatic heterocycles. The smallest absolute Gasteiger partial charge is 0.225 e. The highest BCUT2D eigenvalue weighted by Crippen LogP contribution is 2.31. The Balaban J connectivity index is 1.56. The number of hydrogen-bond donors (Lipinski definition) is 1. The van der Waals surface area contributed by atoms with Crippen molar-refractivity contribution in [3.63, 3.8) is 0 Å². The molecule has 1 fully saturated rings. The van der Waals surface area contributed by atoms with Gasteiger partial charge in [0, 0.05) is 24.9 Å². The SMILES string of the molecule is O=C(CCc1ccncc1)Nc1ccnn1C1CCCC1. The maximum Gasteiger partial charge on any atom is 0.225 e. The van der Waals surface area contributed by atoms with Crippen molar-refractivity contribution in [3.8, 4) is 0 Å². The first kappa shape index (κ1) is 13.8. The molecule has 21 heavy (non-hydrogen) atoms. The molecule has 3 rings (SSSR count). The molecule has 0 radical (unpaired) electrons. The Bertz CT molecular complexity index is 587. The Kier molecular flexibility index (Phi) is 4.28. The Labute approximate surface area is 124 Å². The molecule has 0 saturated heterocycles. The Morgan fingerprint density at radius 2 is 1.95 bits per heavy atom. The lowest BCUT2D eigenvalue weighted by Crippen LogP contribution is -2.17. The zero-order valence-corrected chi connectivity index (χ0v) is 12.0. The van der Waals surface area contributed by atoms with Gasteiger partial charge in [-0.05, 0) is 37.0 Å². The number of nitrogens with one attached hydrogen (secondary N) is 1. The minimum Gasteiger partial charge on any atom is -0.311 e. The first-order valence-electron chi connectivity index (χ1n) is 7.55. The van der Waals surface area contributed by atoms with Crippen LogP contribution in [0.1, 0.15) is 43.7 Å². The van der Waals surface area contributed by atoms with Crippen molar-refractivity contribution in [3.05, 3.63) is 42.4 Å². The summed E-state index contributed by atoms with van der Waals surface area (Å²) in [6, 6.07) is 6.20. The number of aryl methyl sites for hydroxylation is 1. The third-order valence-corrected chi connectivity index (χ3v) is 4.00. The van der Waals surface area contributed by atoms with Gasteiger partial charge in [0.2, 0.25) is 5.91 Å². The number of amides is 1. The molecule has 0 bridgehead atoms. The van der Waals surface area contributed by atoms with Gasteiger partial charge in [-0.3, -0.25) is 9.78 Å². The van der Waals surface area contributed by atoms with E-state index in [9.17, 15) is 4.79 Å². The van der Waals surface area contributed by atoms with Crippen molar-refractivity contribution in [1.82, 2.24) is 14.8 Å². The molecule has 2 aromatic rings. The summed E-state index contributed by atoms with van der Waals surface area (Å²) in [6.07, 6.45) is 11.3. The van der Waals surface area contributed by atoms with E-state index in [0.29, 0.717) is 12.5 Å². The molecular weight excluding hydrogens is 264 g/mol. The van der Waals surface area contributed by atoms with Gasteiger partial charge in [-0.25, -0.2) is 4.68 Å². The molecule has 0 unspecified atom stereocenters. The predicted molar refractivity (Wildman–Crippen MR) is 80.9 cm³/mol. The molecule has 1 N–H and O–H groups in total. The third-order valence-electron chi connectivity index (χ3n) is 4.00. The summed E-state index contributed by atoms with van der Waals surface area (Å²) in [6.45, 7) is 0. The fraction of sp³-hybridized carbons (Fsp3) is 0.438. The lowest BCUT2D eigenvalue weighted by molar-refractivity contribution is -0.116. The molecule has 0 atom stereocenters. The van der Waals surface area contributed by atoms with E-state index in [-0.39, 0.29) is 5.91 Å². The van der Waals surface area contributed by atoms with E-state index in [0.717, 1.165) is 30.6 Å². The van der Waals surface area contributed by atoms with Gasteiger partial charge in [0.05, 0.1) is 12.2 Å². The van der Waals surface area contributed by atoms with Crippen LogP contribution in [0.5, 0.6) is 0 Å². The lowest BCUT2D eigenvalue weighted by Gasteiger charge is -2.14. The third kappa shape index (κ3) is 3.48. The monoisotopic (exact) mass is 284 g/mol. The zero-order chi connectivity index (χ0) is 14.5. The van der Waals surface area contributed by atoms with Crippen LogP contribution < -0.4 is 5.32 Å². The maximum atomic E-state index is 12.1. The van der Waals surface area contributed by atoms with Gasteiger partial charge in [-0.2, -0.15) is 5.10 Å². The summed E-state index contributed by atoms with van der Waals surface area (Å²) in [5.41, 5.74) is 1.13. The van der Waals surface area contributed by atoms with Crippen LogP contribution in [0.25, 0.3) is 0 Å². The fourth-order valence-corrected chi connectivity index (χ4v) is 2.87. The molecule has 110 valence electrons. The molecule has 1 saturated carbocycles. The van der Waals surface area contributed by atoms with Gasteiger partial charge in [-0.1, -0.05) is 12.8 Å². The number of carbonyl (C=O) groups excluding carboxylic acids is 1. The molecule has 2 heterocycles. The number of pyridine rings is 1. The van der Waals surface area contributed by atoms with Crippen molar-refractivity contribution in [2.24, 2.45) is 0 Å². The average Bonchev–Trinajstić information content (AvgIpc) is 3.17. The van der Waals surface area contributed by atoms with Crippen LogP contribution in [-0.4, -0.2) is 20.7 Å². The van der Waals surface area contributed by atoms with Crippen LogP contribution in [-0.2, 0) is 11.2 Å². The second-order valence-corrected chi connectivity index (χ2v) is 5.50. The highest BCUT2D eigenvalue weighted by atomic mass is 16.1. The number of hydrogen-bond acceptors (Lipinski definition) is 3. The second kappa shape index (κ2) is 6.52. The van der Waals surface area contributed by atoms with Crippen LogP contribution in [0, 0.1) is 0 Å². The Morgan fingerprint density at radius 1 is 1.19 bits per heavy atom. The number of carbonyl (C=O) groups is 1. The average molecular weight is 284 g/mol. The Morgan fingerprint density at radius 3 is 2.71 bits per heavy atom. The van der Waals surface area contributed by atoms with Gasteiger partial charge in [0.1, 0.15) is 5.82 Å². The first-order chi connectivity index (χ1) is 10.3. The predicted octanol–water partition coefficient (Wildman–Crippen LogP) is 2.96. The molecule has 0 aliphatic heterocycles. The highest BCUT2D eigenvalue weighted by molar-refractivity contribution is 5.89. The fourth-order valence-electron chi connectivity index (χ4n) is 2.87. The van der Waals surface area contributed by atoms with E-state index in [1.165, 1.54) is 12.8 Å². The maximum absolute atomic E-state index is 12.1. The van der Waals surface area contributed by atoms with Crippen molar-refractivity contribution in [2.45, 2.75) is 44.6 Å². The number of anilines is 1. The van der Waals surface area contributed by atoms with Crippen LogP contribution in [0.4, 0.5) is 5.82 Å². The number of aromatic nitrogens is 3. The van der Waals surface area contributed by atoms with Crippen LogP contribution >= 0.6 is 0 Å². The minimum absolute atomic E-state index is 0.0339. The van der Waals surface area contributed by atoms with E-state index in [4.69, 9.17) is 0 Å². The van der Waals surface area contributed by atoms with Gasteiger partial charge in [0.15, 0.2) is 0 Å². The van der Waals surface area contributed by atoms with Crippen molar-refractivity contribution in [2.75, 3.05) is 5.32 Å². The first-order valence-corrected chi connectivity index (χ1v) is 7.55. The summed E-state index contributed by atoms with van der Waals surface area (Å²) < 4.78 is 1.97. The van der Waals surface area contributed by atoms with E-state index in [2.05, 4.69) is 15.4 Å². The number of rotatable bonds is 5. The van der Waals surface area contributed by atoms with E-state index >= 15 is 0 Å². The molecule has 1 aliphatic rings. The molecular formula is C16H20N4O. The van der Waals surface area contributed by atoms with E-state index in [1.54, 1.807) is 18.6 Å². The van der Waals surface area contributed by atoms with Gasteiger partial charge < -0.3 is 5.32 Å². The van der Waals surface area contributed by atoms with Crippen LogP contribution in [0.3, 0.4) is 0 Å². The normalized spacial score (nSPS) is 15.2. The van der Waals surface area contributed by atoms with Gasteiger partial charge in [-0.15, -0.1) is 0 Å². The van der Waals surface area contributed by atoms with Crippen molar-refractivity contribution < 1.29 is 4.79 Å². The zero-order valence-electron chi connectivity index (χ0n) is 12.0. The minimum atomic E-state index is 0.0339.